The molecule has 0 bridgehead atoms. The summed E-state index contributed by atoms with van der Waals surface area (Å²) in [6.45, 7) is 3.15. The molecule has 2 N–H and O–H groups in total. The lowest BCUT2D eigenvalue weighted by molar-refractivity contribution is 0.626. The Labute approximate surface area is 113 Å². The van der Waals surface area contributed by atoms with E-state index in [1.165, 1.54) is 82.1 Å². The lowest BCUT2D eigenvalue weighted by Gasteiger charge is -2.02. The normalized spacial score (nSPS) is 10.9. The molecule has 2 heteroatoms. The van der Waals surface area contributed by atoms with Crippen molar-refractivity contribution in [3.05, 3.63) is 0 Å². The van der Waals surface area contributed by atoms with E-state index in [1.54, 1.807) is 0 Å². The Morgan fingerprint density at radius 2 is 1.12 bits per heavy atom. The summed E-state index contributed by atoms with van der Waals surface area (Å²) in [6.07, 6.45) is 15.3. The van der Waals surface area contributed by atoms with Crippen molar-refractivity contribution in [1.82, 2.24) is 0 Å². The van der Waals surface area contributed by atoms with Crippen LogP contribution in [-0.2, 0) is 0 Å². The third kappa shape index (κ3) is 16.3. The highest BCUT2D eigenvalue weighted by Gasteiger charge is 1.93. The van der Waals surface area contributed by atoms with Gasteiger partial charge in [0, 0.05) is 0 Å². The Balaban J connectivity index is 2.85. The van der Waals surface area contributed by atoms with Gasteiger partial charge in [-0.3, -0.25) is 0 Å². The van der Waals surface area contributed by atoms with Gasteiger partial charge in [0.2, 0.25) is 0 Å². The molecule has 0 aliphatic heterocycles. The van der Waals surface area contributed by atoms with Crippen LogP contribution in [0.15, 0.2) is 0 Å². The average molecular weight is 260 g/mol. The monoisotopic (exact) mass is 259 g/mol. The van der Waals surface area contributed by atoms with Gasteiger partial charge in [-0.2, -0.15) is 11.8 Å². The molecule has 0 spiro atoms. The van der Waals surface area contributed by atoms with Gasteiger partial charge in [-0.15, -0.1) is 0 Å². The van der Waals surface area contributed by atoms with Gasteiger partial charge in [0.15, 0.2) is 0 Å². The van der Waals surface area contributed by atoms with E-state index in [9.17, 15) is 0 Å². The molecule has 0 amide bonds. The molecule has 0 atom stereocenters. The van der Waals surface area contributed by atoms with Crippen LogP contribution in [0.1, 0.15) is 77.6 Å². The van der Waals surface area contributed by atoms with Crippen LogP contribution in [0.5, 0.6) is 0 Å². The van der Waals surface area contributed by atoms with E-state index in [2.05, 4.69) is 18.7 Å². The number of unbranched alkanes of at least 4 members (excludes halogenated alkanes) is 9. The smallest absolute Gasteiger partial charge is 0.00675 e. The van der Waals surface area contributed by atoms with Crippen molar-refractivity contribution in [2.75, 3.05) is 18.1 Å². The molecule has 0 saturated carbocycles. The van der Waals surface area contributed by atoms with E-state index in [0.717, 1.165) is 6.54 Å². The zero-order valence-electron chi connectivity index (χ0n) is 11.9. The fourth-order valence-electron chi connectivity index (χ4n) is 1.97. The van der Waals surface area contributed by atoms with Crippen LogP contribution in [0.3, 0.4) is 0 Å². The van der Waals surface area contributed by atoms with E-state index in [1.807, 2.05) is 0 Å². The zero-order valence-corrected chi connectivity index (χ0v) is 12.7. The fraction of sp³-hybridized carbons (Fsp3) is 1.00. The zero-order chi connectivity index (χ0) is 12.6. The second-order valence-corrected chi connectivity index (χ2v) is 6.16. The van der Waals surface area contributed by atoms with E-state index in [0.29, 0.717) is 0 Å². The van der Waals surface area contributed by atoms with Gasteiger partial charge >= 0.3 is 0 Å². The van der Waals surface area contributed by atoms with Gasteiger partial charge in [0.05, 0.1) is 0 Å². The predicted octanol–water partition coefficient (Wildman–Crippen LogP) is 4.99. The van der Waals surface area contributed by atoms with Gasteiger partial charge in [0.1, 0.15) is 0 Å². The Hall–Kier alpha value is 0.310. The molecule has 0 radical (unpaired) electrons. The molecule has 0 aromatic carbocycles. The minimum Gasteiger partial charge on any atom is -0.330 e. The van der Waals surface area contributed by atoms with Crippen LogP contribution in [-0.4, -0.2) is 18.1 Å². The van der Waals surface area contributed by atoms with Crippen LogP contribution in [0.4, 0.5) is 0 Å². The lowest BCUT2D eigenvalue weighted by atomic mass is 10.1. The molecule has 0 aromatic rings. The van der Waals surface area contributed by atoms with E-state index >= 15 is 0 Å². The Morgan fingerprint density at radius 1 is 0.647 bits per heavy atom. The topological polar surface area (TPSA) is 26.0 Å². The highest BCUT2D eigenvalue weighted by atomic mass is 32.2. The first-order valence-electron chi connectivity index (χ1n) is 7.69. The highest BCUT2D eigenvalue weighted by molar-refractivity contribution is 7.99. The van der Waals surface area contributed by atoms with Gasteiger partial charge < -0.3 is 5.73 Å². The average Bonchev–Trinajstić information content (AvgIpc) is 2.35. The van der Waals surface area contributed by atoms with Crippen LogP contribution in [0.25, 0.3) is 0 Å². The third-order valence-corrected chi connectivity index (χ3v) is 4.29. The molecule has 0 aliphatic rings. The van der Waals surface area contributed by atoms with Gasteiger partial charge in [-0.25, -0.2) is 0 Å². The lowest BCUT2D eigenvalue weighted by Crippen LogP contribution is -1.97. The molecule has 104 valence electrons. The maximum atomic E-state index is 5.46. The summed E-state index contributed by atoms with van der Waals surface area (Å²) in [4.78, 5) is 0. The quantitative estimate of drug-likeness (QED) is 0.445. The summed E-state index contributed by atoms with van der Waals surface area (Å²) < 4.78 is 0. The summed E-state index contributed by atoms with van der Waals surface area (Å²) in [5.41, 5.74) is 5.46. The highest BCUT2D eigenvalue weighted by Crippen LogP contribution is 2.12. The van der Waals surface area contributed by atoms with Gasteiger partial charge in [0.25, 0.3) is 0 Å². The number of nitrogens with two attached hydrogens (primary N) is 1. The van der Waals surface area contributed by atoms with Gasteiger partial charge in [-0.1, -0.05) is 58.3 Å². The maximum absolute atomic E-state index is 5.46. The van der Waals surface area contributed by atoms with E-state index < -0.39 is 0 Å². The molecule has 0 aromatic heterocycles. The van der Waals surface area contributed by atoms with Crippen molar-refractivity contribution in [3.8, 4) is 0 Å². The first-order valence-corrected chi connectivity index (χ1v) is 8.85. The molecular formula is C15H33NS. The van der Waals surface area contributed by atoms with Crippen molar-refractivity contribution in [1.29, 1.82) is 0 Å². The number of hydrogen-bond acceptors (Lipinski definition) is 2. The molecule has 0 rings (SSSR count). The first-order chi connectivity index (χ1) is 8.41. The Bertz CT molecular complexity index is 114. The largest absolute Gasteiger partial charge is 0.330 e. The maximum Gasteiger partial charge on any atom is -0.00675 e. The Morgan fingerprint density at radius 3 is 1.65 bits per heavy atom. The summed E-state index contributed by atoms with van der Waals surface area (Å²) >= 11 is 2.16. The van der Waals surface area contributed by atoms with Crippen molar-refractivity contribution < 1.29 is 0 Å². The van der Waals surface area contributed by atoms with Crippen molar-refractivity contribution >= 4 is 11.8 Å². The first kappa shape index (κ1) is 17.3. The van der Waals surface area contributed by atoms with E-state index in [4.69, 9.17) is 5.73 Å². The molecule has 0 heterocycles. The number of hydrogen-bond donors (Lipinski definition) is 1. The number of thioether (sulfide) groups is 1. The minimum atomic E-state index is 0.868. The van der Waals surface area contributed by atoms with Crippen LogP contribution in [0.2, 0.25) is 0 Å². The van der Waals surface area contributed by atoms with Crippen LogP contribution < -0.4 is 5.73 Å². The second-order valence-electron chi connectivity index (χ2n) is 4.94. The molecule has 17 heavy (non-hydrogen) atoms. The third-order valence-electron chi connectivity index (χ3n) is 3.14. The fourth-order valence-corrected chi connectivity index (χ4v) is 2.99. The molecular weight excluding hydrogens is 226 g/mol. The second kappa shape index (κ2) is 16.3. The minimum absolute atomic E-state index is 0.868. The van der Waals surface area contributed by atoms with Gasteiger partial charge in [-0.05, 0) is 37.3 Å². The van der Waals surface area contributed by atoms with Crippen molar-refractivity contribution in [2.45, 2.75) is 77.6 Å². The predicted molar refractivity (Wildman–Crippen MR) is 82.8 cm³/mol. The molecule has 0 unspecified atom stereocenters. The molecule has 0 fully saturated rings. The number of rotatable bonds is 14. The Kier molecular flexibility index (Phi) is 16.6. The standard InChI is InChI=1S/C15H33NS/c1-2-3-4-5-8-11-14-17-15-12-9-6-7-10-13-16/h2-16H2,1H3. The molecule has 0 aliphatic carbocycles. The summed E-state index contributed by atoms with van der Waals surface area (Å²) in [5.74, 6) is 2.76. The van der Waals surface area contributed by atoms with Crippen LogP contribution >= 0.6 is 11.8 Å². The summed E-state index contributed by atoms with van der Waals surface area (Å²) in [5, 5.41) is 0. The molecule has 1 nitrogen and oxygen atoms in total. The van der Waals surface area contributed by atoms with Crippen molar-refractivity contribution in [3.63, 3.8) is 0 Å². The summed E-state index contributed by atoms with van der Waals surface area (Å²) in [7, 11) is 0. The molecule has 0 saturated heterocycles. The summed E-state index contributed by atoms with van der Waals surface area (Å²) in [6, 6.07) is 0. The SMILES string of the molecule is CCCCCCCCSCCCCCCCN. The van der Waals surface area contributed by atoms with Crippen LogP contribution in [0, 0.1) is 0 Å². The van der Waals surface area contributed by atoms with E-state index in [-0.39, 0.29) is 0 Å². The van der Waals surface area contributed by atoms with Crippen molar-refractivity contribution in [2.24, 2.45) is 5.73 Å².